The van der Waals surface area contributed by atoms with E-state index in [1.807, 2.05) is 62.4 Å². The monoisotopic (exact) mass is 421 g/mol. The second-order valence-electron chi connectivity index (χ2n) is 6.51. The molecule has 0 saturated heterocycles. The minimum Gasteiger partial charge on any atom is -0.325 e. The maximum Gasteiger partial charge on any atom is 0.231 e. The average molecular weight is 422 g/mol. The Morgan fingerprint density at radius 1 is 0.889 bits per heavy atom. The van der Waals surface area contributed by atoms with Gasteiger partial charge in [0, 0.05) is 15.6 Å². The van der Waals surface area contributed by atoms with Gasteiger partial charge in [-0.05, 0) is 59.1 Å². The van der Waals surface area contributed by atoms with Crippen molar-refractivity contribution in [3.8, 4) is 0 Å². The van der Waals surface area contributed by atoms with Crippen molar-refractivity contribution in [1.82, 2.24) is 0 Å². The standard InChI is InChI=1S/C23H20BrNO2/c1-15-11-12-21(20(24)13-15)25-23(27)16(2)18-9-6-10-19(14-18)22(26)17-7-4-3-5-8-17/h3-14,16H,1-2H3,(H,25,27)/t16-/m0/s1. The summed E-state index contributed by atoms with van der Waals surface area (Å²) in [5, 5.41) is 2.95. The van der Waals surface area contributed by atoms with Gasteiger partial charge in [-0.25, -0.2) is 0 Å². The summed E-state index contributed by atoms with van der Waals surface area (Å²) in [5.41, 5.74) is 3.86. The molecule has 0 radical (unpaired) electrons. The van der Waals surface area contributed by atoms with Gasteiger partial charge in [0.1, 0.15) is 0 Å². The molecular formula is C23H20BrNO2. The van der Waals surface area contributed by atoms with Gasteiger partial charge < -0.3 is 5.32 Å². The predicted octanol–water partition coefficient (Wildman–Crippen LogP) is 5.73. The maximum absolute atomic E-state index is 12.7. The molecule has 0 spiro atoms. The maximum atomic E-state index is 12.7. The lowest BCUT2D eigenvalue weighted by Gasteiger charge is -2.15. The van der Waals surface area contributed by atoms with Crippen LogP contribution in [0.5, 0.6) is 0 Å². The van der Waals surface area contributed by atoms with Gasteiger partial charge in [-0.1, -0.05) is 54.6 Å². The Hall–Kier alpha value is -2.72. The third-order valence-corrected chi connectivity index (χ3v) is 5.12. The van der Waals surface area contributed by atoms with Crippen LogP contribution in [0.15, 0.2) is 77.3 Å². The molecule has 3 nitrogen and oxygen atoms in total. The summed E-state index contributed by atoms with van der Waals surface area (Å²) in [6.45, 7) is 3.83. The molecule has 3 rings (SSSR count). The van der Waals surface area contributed by atoms with E-state index in [2.05, 4.69) is 21.2 Å². The first kappa shape index (κ1) is 19.1. The van der Waals surface area contributed by atoms with Crippen molar-refractivity contribution < 1.29 is 9.59 Å². The number of anilines is 1. The van der Waals surface area contributed by atoms with Gasteiger partial charge >= 0.3 is 0 Å². The SMILES string of the molecule is Cc1ccc(NC(=O)[C@@H](C)c2cccc(C(=O)c3ccccc3)c2)c(Br)c1. The summed E-state index contributed by atoms with van der Waals surface area (Å²) < 4.78 is 0.844. The Kier molecular flexibility index (Phi) is 5.87. The Bertz CT molecular complexity index is 983. The topological polar surface area (TPSA) is 46.2 Å². The van der Waals surface area contributed by atoms with Gasteiger partial charge in [0.05, 0.1) is 11.6 Å². The van der Waals surface area contributed by atoms with Crippen LogP contribution in [0.25, 0.3) is 0 Å². The number of nitrogens with one attached hydrogen (secondary N) is 1. The van der Waals surface area contributed by atoms with Crippen LogP contribution < -0.4 is 5.32 Å². The van der Waals surface area contributed by atoms with E-state index in [1.54, 1.807) is 24.3 Å². The molecule has 0 aliphatic carbocycles. The summed E-state index contributed by atoms with van der Waals surface area (Å²) in [7, 11) is 0. The smallest absolute Gasteiger partial charge is 0.231 e. The van der Waals surface area contributed by atoms with Crippen molar-refractivity contribution in [3.63, 3.8) is 0 Å². The van der Waals surface area contributed by atoms with Crippen LogP contribution in [0.1, 0.15) is 39.9 Å². The van der Waals surface area contributed by atoms with E-state index in [1.165, 1.54) is 0 Å². The highest BCUT2D eigenvalue weighted by molar-refractivity contribution is 9.10. The Morgan fingerprint density at radius 2 is 1.59 bits per heavy atom. The number of aryl methyl sites for hydroxylation is 1. The summed E-state index contributed by atoms with van der Waals surface area (Å²) in [5.74, 6) is -0.558. The minimum absolute atomic E-state index is 0.0497. The van der Waals surface area contributed by atoms with Gasteiger partial charge in [0.25, 0.3) is 0 Å². The molecule has 0 aliphatic rings. The number of halogens is 1. The molecule has 1 amide bonds. The normalized spacial score (nSPS) is 11.7. The molecule has 3 aromatic rings. The summed E-state index contributed by atoms with van der Waals surface area (Å²) in [4.78, 5) is 25.3. The molecule has 3 aromatic carbocycles. The van der Waals surface area contributed by atoms with Crippen molar-refractivity contribution in [3.05, 3.63) is 99.5 Å². The van der Waals surface area contributed by atoms with Crippen LogP contribution in [0.3, 0.4) is 0 Å². The van der Waals surface area contributed by atoms with Crippen molar-refractivity contribution in [2.24, 2.45) is 0 Å². The average Bonchev–Trinajstić information content (AvgIpc) is 2.69. The van der Waals surface area contributed by atoms with Crippen LogP contribution in [0.2, 0.25) is 0 Å². The Labute approximate surface area is 167 Å². The molecule has 0 bridgehead atoms. The van der Waals surface area contributed by atoms with Gasteiger partial charge in [-0.15, -0.1) is 0 Å². The van der Waals surface area contributed by atoms with E-state index in [0.29, 0.717) is 11.1 Å². The highest BCUT2D eigenvalue weighted by atomic mass is 79.9. The highest BCUT2D eigenvalue weighted by Crippen LogP contribution is 2.26. The lowest BCUT2D eigenvalue weighted by atomic mass is 9.95. The number of hydrogen-bond acceptors (Lipinski definition) is 2. The predicted molar refractivity (Wildman–Crippen MR) is 112 cm³/mol. The summed E-state index contributed by atoms with van der Waals surface area (Å²) >= 11 is 3.48. The molecule has 0 unspecified atom stereocenters. The number of carbonyl (C=O) groups excluding carboxylic acids is 2. The zero-order chi connectivity index (χ0) is 19.4. The number of rotatable bonds is 5. The molecule has 1 atom stereocenters. The van der Waals surface area contributed by atoms with Crippen molar-refractivity contribution in [2.75, 3.05) is 5.32 Å². The van der Waals surface area contributed by atoms with E-state index in [9.17, 15) is 9.59 Å². The first-order valence-electron chi connectivity index (χ1n) is 8.72. The molecule has 1 N–H and O–H groups in total. The molecule has 0 aliphatic heterocycles. The summed E-state index contributed by atoms with van der Waals surface area (Å²) in [6.07, 6.45) is 0. The molecule has 136 valence electrons. The number of carbonyl (C=O) groups is 2. The number of hydrogen-bond donors (Lipinski definition) is 1. The van der Waals surface area contributed by atoms with E-state index >= 15 is 0 Å². The second-order valence-corrected chi connectivity index (χ2v) is 7.37. The molecule has 0 aromatic heterocycles. The largest absolute Gasteiger partial charge is 0.325 e. The molecule has 0 fully saturated rings. The highest BCUT2D eigenvalue weighted by Gasteiger charge is 2.18. The molecule has 0 saturated carbocycles. The van der Waals surface area contributed by atoms with Crippen LogP contribution in [-0.4, -0.2) is 11.7 Å². The third kappa shape index (κ3) is 4.52. The van der Waals surface area contributed by atoms with Crippen molar-refractivity contribution >= 4 is 33.3 Å². The van der Waals surface area contributed by atoms with Crippen LogP contribution in [-0.2, 0) is 4.79 Å². The fourth-order valence-corrected chi connectivity index (χ4v) is 3.41. The van der Waals surface area contributed by atoms with Gasteiger partial charge in [-0.2, -0.15) is 0 Å². The second kappa shape index (κ2) is 8.31. The zero-order valence-electron chi connectivity index (χ0n) is 15.2. The molecular weight excluding hydrogens is 402 g/mol. The Morgan fingerprint density at radius 3 is 2.30 bits per heavy atom. The fourth-order valence-electron chi connectivity index (χ4n) is 2.82. The van der Waals surface area contributed by atoms with Gasteiger partial charge in [0.15, 0.2) is 5.78 Å². The molecule has 4 heteroatoms. The van der Waals surface area contributed by atoms with Gasteiger partial charge in [0.2, 0.25) is 5.91 Å². The van der Waals surface area contributed by atoms with Crippen molar-refractivity contribution in [1.29, 1.82) is 0 Å². The lowest BCUT2D eigenvalue weighted by molar-refractivity contribution is -0.117. The zero-order valence-corrected chi connectivity index (χ0v) is 16.8. The molecule has 27 heavy (non-hydrogen) atoms. The van der Waals surface area contributed by atoms with Crippen LogP contribution in [0, 0.1) is 6.92 Å². The lowest BCUT2D eigenvalue weighted by Crippen LogP contribution is -2.19. The van der Waals surface area contributed by atoms with E-state index in [4.69, 9.17) is 0 Å². The summed E-state index contributed by atoms with van der Waals surface area (Å²) in [6, 6.07) is 22.2. The fraction of sp³-hybridized carbons (Fsp3) is 0.130. The quantitative estimate of drug-likeness (QED) is 0.534. The first-order valence-corrected chi connectivity index (χ1v) is 9.52. The minimum atomic E-state index is -0.387. The van der Waals surface area contributed by atoms with E-state index in [-0.39, 0.29) is 17.6 Å². The van der Waals surface area contributed by atoms with E-state index < -0.39 is 0 Å². The Balaban J connectivity index is 1.79. The first-order chi connectivity index (χ1) is 13.0. The van der Waals surface area contributed by atoms with E-state index in [0.717, 1.165) is 21.3 Å². The number of benzene rings is 3. The van der Waals surface area contributed by atoms with Crippen LogP contribution in [0.4, 0.5) is 5.69 Å². The van der Waals surface area contributed by atoms with Crippen LogP contribution >= 0.6 is 15.9 Å². The third-order valence-electron chi connectivity index (χ3n) is 4.46. The van der Waals surface area contributed by atoms with Gasteiger partial charge in [-0.3, -0.25) is 9.59 Å². The number of amides is 1. The van der Waals surface area contributed by atoms with Crippen molar-refractivity contribution in [2.45, 2.75) is 19.8 Å². The molecule has 0 heterocycles. The number of ketones is 1.